The lowest BCUT2D eigenvalue weighted by Gasteiger charge is -2.14. The van der Waals surface area contributed by atoms with Crippen LogP contribution in [0.5, 0.6) is 0 Å². The first-order chi connectivity index (χ1) is 9.91. The minimum atomic E-state index is -2.85. The summed E-state index contributed by atoms with van der Waals surface area (Å²) >= 11 is 4.15. The van der Waals surface area contributed by atoms with Crippen LogP contribution in [0, 0.1) is 0 Å². The van der Waals surface area contributed by atoms with Gasteiger partial charge in [0.05, 0.1) is 11.1 Å². The van der Waals surface area contributed by atoms with E-state index in [0.717, 1.165) is 18.5 Å². The average Bonchev–Trinajstić information content (AvgIpc) is 2.90. The van der Waals surface area contributed by atoms with Crippen LogP contribution < -0.4 is 5.32 Å². The maximum Gasteiger partial charge on any atom is 0.322 e. The van der Waals surface area contributed by atoms with Gasteiger partial charge in [0.2, 0.25) is 6.39 Å². The van der Waals surface area contributed by atoms with Gasteiger partial charge >= 0.3 is 6.01 Å². The van der Waals surface area contributed by atoms with Crippen LogP contribution in [0.1, 0.15) is 22.3 Å². The van der Waals surface area contributed by atoms with E-state index in [2.05, 4.69) is 15.5 Å². The largest absolute Gasteiger partial charge is 0.612 e. The Bertz CT molecular complexity index is 652. The summed E-state index contributed by atoms with van der Waals surface area (Å²) in [6.45, 7) is 0. The highest BCUT2D eigenvalue weighted by Crippen LogP contribution is 2.34. The molecule has 0 saturated carbocycles. The molecule has 0 spiro atoms. The Balaban J connectivity index is 2.41. The molecule has 0 unspecified atom stereocenters. The van der Waals surface area contributed by atoms with Gasteiger partial charge in [0.1, 0.15) is 11.3 Å². The van der Waals surface area contributed by atoms with Gasteiger partial charge in [-0.05, 0) is 23.3 Å². The number of carbonyl (C=O) groups is 1. The number of hydrogen-bond donors (Lipinski definition) is 1. The van der Waals surface area contributed by atoms with Crippen molar-refractivity contribution in [2.45, 2.75) is 11.3 Å². The van der Waals surface area contributed by atoms with Gasteiger partial charge in [-0.1, -0.05) is 16.7 Å². The number of benzene rings is 1. The molecule has 1 aromatic carbocycles. The van der Waals surface area contributed by atoms with E-state index in [4.69, 9.17) is 16.0 Å². The standard InChI is InChI=1S/C11H8ClF2N3O3S/c1-21(19)8-6(9(13)14)3-2-5(7(8)12)10(18)16-11-17-15-4-20-11/h2-4,9H,1H3,(H,16,17,18)/t21-/m0/s1. The SMILES string of the molecule is C[S@+]([O-])c1c(C(F)F)ccc(C(=O)Nc2nnco2)c1Cl. The van der Waals surface area contributed by atoms with Gasteiger partial charge in [0.15, 0.2) is 4.90 Å². The highest BCUT2D eigenvalue weighted by Gasteiger charge is 2.27. The van der Waals surface area contributed by atoms with E-state index < -0.39 is 29.1 Å². The number of amides is 1. The van der Waals surface area contributed by atoms with Crippen LogP contribution in [0.25, 0.3) is 0 Å². The molecule has 2 rings (SSSR count). The van der Waals surface area contributed by atoms with Crippen LogP contribution >= 0.6 is 11.6 Å². The van der Waals surface area contributed by atoms with Crippen molar-refractivity contribution >= 4 is 34.7 Å². The van der Waals surface area contributed by atoms with E-state index in [1.54, 1.807) is 0 Å². The first kappa shape index (κ1) is 15.7. The van der Waals surface area contributed by atoms with Crippen molar-refractivity contribution in [2.75, 3.05) is 11.6 Å². The van der Waals surface area contributed by atoms with Crippen molar-refractivity contribution in [2.24, 2.45) is 0 Å². The molecule has 1 amide bonds. The van der Waals surface area contributed by atoms with Crippen molar-refractivity contribution in [3.8, 4) is 0 Å². The van der Waals surface area contributed by atoms with E-state index in [1.807, 2.05) is 0 Å². The number of anilines is 1. The Hall–Kier alpha value is -1.71. The maximum absolute atomic E-state index is 12.9. The van der Waals surface area contributed by atoms with Crippen LogP contribution in [0.2, 0.25) is 5.02 Å². The van der Waals surface area contributed by atoms with E-state index in [9.17, 15) is 18.1 Å². The lowest BCUT2D eigenvalue weighted by Crippen LogP contribution is -2.15. The molecule has 1 N–H and O–H groups in total. The summed E-state index contributed by atoms with van der Waals surface area (Å²) in [5.74, 6) is -0.739. The number of rotatable bonds is 4. The fraction of sp³-hybridized carbons (Fsp3) is 0.182. The molecule has 0 aliphatic carbocycles. The third-order valence-electron chi connectivity index (χ3n) is 2.48. The molecular formula is C11H8ClF2N3O3S. The monoisotopic (exact) mass is 335 g/mol. The fourth-order valence-corrected chi connectivity index (χ4v) is 3.04. The predicted octanol–water partition coefficient (Wildman–Crippen LogP) is 2.65. The van der Waals surface area contributed by atoms with Gasteiger partial charge in [-0.3, -0.25) is 10.1 Å². The zero-order valence-electron chi connectivity index (χ0n) is 10.5. The third kappa shape index (κ3) is 3.31. The molecule has 1 atom stereocenters. The lowest BCUT2D eigenvalue weighted by molar-refractivity contribution is 0.102. The highest BCUT2D eigenvalue weighted by molar-refractivity contribution is 7.90. The van der Waals surface area contributed by atoms with E-state index >= 15 is 0 Å². The molecule has 1 aromatic heterocycles. The normalized spacial score (nSPS) is 12.5. The molecular weight excluding hydrogens is 328 g/mol. The fourth-order valence-electron chi connectivity index (χ4n) is 1.60. The minimum absolute atomic E-state index is 0.121. The molecule has 0 radical (unpaired) electrons. The highest BCUT2D eigenvalue weighted by atomic mass is 35.5. The summed E-state index contributed by atoms with van der Waals surface area (Å²) in [6.07, 6.45) is -0.648. The summed E-state index contributed by atoms with van der Waals surface area (Å²) in [5, 5.41) is 8.75. The van der Waals surface area contributed by atoms with Crippen molar-refractivity contribution in [3.63, 3.8) is 0 Å². The second kappa shape index (κ2) is 6.37. The molecule has 21 heavy (non-hydrogen) atoms. The number of aromatic nitrogens is 2. The summed E-state index contributed by atoms with van der Waals surface area (Å²) in [5.41, 5.74) is -0.598. The molecule has 0 fully saturated rings. The lowest BCUT2D eigenvalue weighted by atomic mass is 10.1. The first-order valence-electron chi connectivity index (χ1n) is 5.43. The molecule has 0 aliphatic rings. The topological polar surface area (TPSA) is 91.1 Å². The maximum atomic E-state index is 12.9. The van der Waals surface area contributed by atoms with Crippen molar-refractivity contribution in [1.82, 2.24) is 10.2 Å². The van der Waals surface area contributed by atoms with E-state index in [1.165, 1.54) is 6.26 Å². The summed E-state index contributed by atoms with van der Waals surface area (Å²) in [7, 11) is 0. The zero-order valence-corrected chi connectivity index (χ0v) is 12.0. The molecule has 10 heteroatoms. The van der Waals surface area contributed by atoms with E-state index in [0.29, 0.717) is 0 Å². The molecule has 0 bridgehead atoms. The average molecular weight is 336 g/mol. The van der Waals surface area contributed by atoms with Crippen LogP contribution in [0.3, 0.4) is 0 Å². The number of alkyl halides is 2. The summed E-state index contributed by atoms with van der Waals surface area (Å²) in [6, 6.07) is 1.95. The van der Waals surface area contributed by atoms with Crippen molar-refractivity contribution in [3.05, 3.63) is 34.7 Å². The predicted molar refractivity (Wildman–Crippen MR) is 71.0 cm³/mol. The second-order valence-corrected chi connectivity index (χ2v) is 5.49. The first-order valence-corrected chi connectivity index (χ1v) is 7.37. The van der Waals surface area contributed by atoms with Gasteiger partial charge in [0.25, 0.3) is 12.3 Å². The number of nitrogens with zero attached hydrogens (tertiary/aromatic N) is 2. The van der Waals surface area contributed by atoms with Crippen LogP contribution in [-0.4, -0.2) is 26.9 Å². The molecule has 0 saturated heterocycles. The smallest absolute Gasteiger partial charge is 0.322 e. The van der Waals surface area contributed by atoms with Crippen LogP contribution in [-0.2, 0) is 11.2 Å². The number of hydrogen-bond acceptors (Lipinski definition) is 5. The zero-order chi connectivity index (χ0) is 15.6. The Morgan fingerprint density at radius 2 is 2.24 bits per heavy atom. The van der Waals surface area contributed by atoms with Gasteiger partial charge < -0.3 is 8.97 Å². The minimum Gasteiger partial charge on any atom is -0.612 e. The van der Waals surface area contributed by atoms with Crippen molar-refractivity contribution in [1.29, 1.82) is 0 Å². The third-order valence-corrected chi connectivity index (χ3v) is 3.99. The molecule has 0 aliphatic heterocycles. The Labute approximate surface area is 125 Å². The molecule has 2 aromatic rings. The molecule has 6 nitrogen and oxygen atoms in total. The Morgan fingerprint density at radius 1 is 1.52 bits per heavy atom. The summed E-state index contributed by atoms with van der Waals surface area (Å²) in [4.78, 5) is 11.7. The molecule has 1 heterocycles. The number of nitrogens with one attached hydrogen (secondary N) is 1. The quantitative estimate of drug-likeness (QED) is 0.867. The molecule has 112 valence electrons. The number of halogens is 3. The van der Waals surface area contributed by atoms with E-state index in [-0.39, 0.29) is 21.5 Å². The summed E-state index contributed by atoms with van der Waals surface area (Å²) < 4.78 is 42.1. The number of carbonyl (C=O) groups excluding carboxylic acids is 1. The van der Waals surface area contributed by atoms with Gasteiger partial charge in [-0.15, -0.1) is 5.10 Å². The van der Waals surface area contributed by atoms with Crippen LogP contribution in [0.15, 0.2) is 27.8 Å². The Kier molecular flexibility index (Phi) is 4.76. The van der Waals surface area contributed by atoms with Gasteiger partial charge in [0, 0.05) is 0 Å². The van der Waals surface area contributed by atoms with Gasteiger partial charge in [-0.2, -0.15) is 0 Å². The Morgan fingerprint density at radius 3 is 2.76 bits per heavy atom. The van der Waals surface area contributed by atoms with Crippen molar-refractivity contribution < 1.29 is 22.5 Å². The second-order valence-electron chi connectivity index (χ2n) is 3.80. The van der Waals surface area contributed by atoms with Crippen LogP contribution in [0.4, 0.5) is 14.8 Å². The van der Waals surface area contributed by atoms with Gasteiger partial charge in [-0.25, -0.2) is 8.78 Å².